The van der Waals surface area contributed by atoms with E-state index in [-0.39, 0.29) is 24.4 Å². The van der Waals surface area contributed by atoms with E-state index in [1.165, 1.54) is 24.0 Å². The summed E-state index contributed by atoms with van der Waals surface area (Å²) in [5.41, 5.74) is 2.44. The van der Waals surface area contributed by atoms with Crippen molar-refractivity contribution < 1.29 is 4.79 Å². The first-order valence-electron chi connectivity index (χ1n) is 8.13. The van der Waals surface area contributed by atoms with Gasteiger partial charge in [0.15, 0.2) is 0 Å². The summed E-state index contributed by atoms with van der Waals surface area (Å²) in [6.07, 6.45) is 3.10. The van der Waals surface area contributed by atoms with Crippen LogP contribution < -0.4 is 10.6 Å². The van der Waals surface area contributed by atoms with Crippen molar-refractivity contribution >= 4 is 18.3 Å². The van der Waals surface area contributed by atoms with E-state index >= 15 is 0 Å². The van der Waals surface area contributed by atoms with E-state index < -0.39 is 0 Å². The van der Waals surface area contributed by atoms with Crippen molar-refractivity contribution in [3.8, 4) is 0 Å². The van der Waals surface area contributed by atoms with Gasteiger partial charge in [-0.1, -0.05) is 31.2 Å². The predicted molar refractivity (Wildman–Crippen MR) is 94.4 cm³/mol. The molecule has 1 aromatic carbocycles. The minimum atomic E-state index is 0. The lowest BCUT2D eigenvalue weighted by Gasteiger charge is -2.28. The molecule has 1 aromatic rings. The lowest BCUT2D eigenvalue weighted by Crippen LogP contribution is -2.36. The van der Waals surface area contributed by atoms with Crippen molar-refractivity contribution in [1.82, 2.24) is 10.6 Å². The fourth-order valence-corrected chi connectivity index (χ4v) is 3.27. The summed E-state index contributed by atoms with van der Waals surface area (Å²) >= 11 is 0. The van der Waals surface area contributed by atoms with E-state index in [1.54, 1.807) is 0 Å². The largest absolute Gasteiger partial charge is 0.350 e. The summed E-state index contributed by atoms with van der Waals surface area (Å²) in [4.78, 5) is 12.3. The van der Waals surface area contributed by atoms with Crippen LogP contribution in [0.1, 0.15) is 50.3 Å². The minimum Gasteiger partial charge on any atom is -0.350 e. The number of hydrogen-bond donors (Lipinski definition) is 2. The van der Waals surface area contributed by atoms with Gasteiger partial charge in [0, 0.05) is 6.42 Å². The van der Waals surface area contributed by atoms with Gasteiger partial charge in [0.1, 0.15) is 0 Å². The number of halogens is 1. The van der Waals surface area contributed by atoms with Crippen LogP contribution >= 0.6 is 12.4 Å². The van der Waals surface area contributed by atoms with Gasteiger partial charge in [-0.05, 0) is 62.7 Å². The molecular formula is C18H29ClN2O. The molecule has 22 heavy (non-hydrogen) atoms. The number of carbonyl (C=O) groups is 1. The van der Waals surface area contributed by atoms with Crippen LogP contribution in [-0.4, -0.2) is 19.0 Å². The lowest BCUT2D eigenvalue weighted by atomic mass is 9.85. The van der Waals surface area contributed by atoms with E-state index in [9.17, 15) is 4.79 Å². The van der Waals surface area contributed by atoms with Crippen LogP contribution in [0.15, 0.2) is 24.3 Å². The second kappa shape index (κ2) is 9.16. The highest BCUT2D eigenvalue weighted by molar-refractivity contribution is 5.85. The second-order valence-electron chi connectivity index (χ2n) is 6.43. The van der Waals surface area contributed by atoms with E-state index in [1.807, 2.05) is 12.1 Å². The third kappa shape index (κ3) is 5.29. The van der Waals surface area contributed by atoms with E-state index in [0.717, 1.165) is 13.1 Å². The molecule has 0 saturated carbocycles. The molecule has 2 rings (SSSR count). The van der Waals surface area contributed by atoms with Gasteiger partial charge in [-0.3, -0.25) is 4.79 Å². The summed E-state index contributed by atoms with van der Waals surface area (Å²) in [5.74, 6) is 1.25. The number of aryl methyl sites for hydroxylation is 1. The molecule has 2 N–H and O–H groups in total. The van der Waals surface area contributed by atoms with Crippen LogP contribution in [0.2, 0.25) is 0 Å². The summed E-state index contributed by atoms with van der Waals surface area (Å²) in [7, 11) is 0. The highest BCUT2D eigenvalue weighted by Crippen LogP contribution is 2.23. The van der Waals surface area contributed by atoms with Gasteiger partial charge in [0.2, 0.25) is 5.91 Å². The fraction of sp³-hybridized carbons (Fsp3) is 0.611. The average molecular weight is 325 g/mol. The molecule has 3 nitrogen and oxygen atoms in total. The Morgan fingerprint density at radius 3 is 2.73 bits per heavy atom. The monoisotopic (exact) mass is 324 g/mol. The highest BCUT2D eigenvalue weighted by atomic mass is 35.5. The van der Waals surface area contributed by atoms with Crippen LogP contribution in [0.4, 0.5) is 0 Å². The molecular weight excluding hydrogens is 296 g/mol. The molecule has 0 aromatic heterocycles. The zero-order valence-electron chi connectivity index (χ0n) is 13.9. The van der Waals surface area contributed by atoms with Gasteiger partial charge in [-0.2, -0.15) is 0 Å². The summed E-state index contributed by atoms with van der Waals surface area (Å²) in [6.45, 7) is 8.54. The standard InChI is InChI=1S/C18H28N2O.ClH/c1-13-7-4-5-9-17(13)15(3)20-18(21)11-14(2)16-8-6-10-19-12-16;/h4-5,7,9,14-16,19H,6,8,10-12H2,1-3H3,(H,20,21);1H. The Kier molecular flexibility index (Phi) is 7.91. The summed E-state index contributed by atoms with van der Waals surface area (Å²) in [6, 6.07) is 8.33. The number of rotatable bonds is 5. The van der Waals surface area contributed by atoms with E-state index in [0.29, 0.717) is 18.3 Å². The number of nitrogens with one attached hydrogen (secondary N) is 2. The SMILES string of the molecule is Cc1ccccc1C(C)NC(=O)CC(C)C1CCCNC1.Cl. The Bertz CT molecular complexity index is 472. The van der Waals surface area contributed by atoms with Gasteiger partial charge in [-0.15, -0.1) is 12.4 Å². The number of amides is 1. The van der Waals surface area contributed by atoms with Crippen molar-refractivity contribution in [3.63, 3.8) is 0 Å². The lowest BCUT2D eigenvalue weighted by molar-refractivity contribution is -0.123. The van der Waals surface area contributed by atoms with Crippen molar-refractivity contribution in [2.24, 2.45) is 11.8 Å². The zero-order chi connectivity index (χ0) is 15.2. The molecule has 0 bridgehead atoms. The quantitative estimate of drug-likeness (QED) is 0.868. The predicted octanol–water partition coefficient (Wildman–Crippen LogP) is 3.62. The first kappa shape index (κ1) is 19.0. The van der Waals surface area contributed by atoms with Crippen LogP contribution in [-0.2, 0) is 4.79 Å². The average Bonchev–Trinajstić information content (AvgIpc) is 2.48. The van der Waals surface area contributed by atoms with Crippen molar-refractivity contribution in [2.75, 3.05) is 13.1 Å². The number of benzene rings is 1. The highest BCUT2D eigenvalue weighted by Gasteiger charge is 2.22. The molecule has 124 valence electrons. The molecule has 3 atom stereocenters. The van der Waals surface area contributed by atoms with Crippen molar-refractivity contribution in [3.05, 3.63) is 35.4 Å². The number of hydrogen-bond acceptors (Lipinski definition) is 2. The molecule has 1 heterocycles. The van der Waals surface area contributed by atoms with E-state index in [4.69, 9.17) is 0 Å². The molecule has 1 aliphatic rings. The van der Waals surface area contributed by atoms with Crippen LogP contribution in [0, 0.1) is 18.8 Å². The van der Waals surface area contributed by atoms with Gasteiger partial charge >= 0.3 is 0 Å². The van der Waals surface area contributed by atoms with Crippen LogP contribution in [0.3, 0.4) is 0 Å². The zero-order valence-corrected chi connectivity index (χ0v) is 14.7. The van der Waals surface area contributed by atoms with Gasteiger partial charge in [0.05, 0.1) is 6.04 Å². The Hall–Kier alpha value is -1.06. The molecule has 0 aliphatic carbocycles. The smallest absolute Gasteiger partial charge is 0.220 e. The number of piperidine rings is 1. The Morgan fingerprint density at radius 1 is 1.36 bits per heavy atom. The third-order valence-corrected chi connectivity index (χ3v) is 4.68. The fourth-order valence-electron chi connectivity index (χ4n) is 3.27. The normalized spacial score (nSPS) is 20.6. The molecule has 1 aliphatic heterocycles. The Balaban J connectivity index is 0.00000242. The molecule has 3 unspecified atom stereocenters. The maximum Gasteiger partial charge on any atom is 0.220 e. The topological polar surface area (TPSA) is 41.1 Å². The molecule has 0 spiro atoms. The number of carbonyl (C=O) groups excluding carboxylic acids is 1. The summed E-state index contributed by atoms with van der Waals surface area (Å²) in [5, 5.41) is 6.58. The molecule has 1 fully saturated rings. The third-order valence-electron chi connectivity index (χ3n) is 4.68. The van der Waals surface area contributed by atoms with Gasteiger partial charge in [-0.25, -0.2) is 0 Å². The molecule has 4 heteroatoms. The first-order chi connectivity index (χ1) is 10.1. The van der Waals surface area contributed by atoms with Crippen LogP contribution in [0.5, 0.6) is 0 Å². The Morgan fingerprint density at radius 2 is 2.09 bits per heavy atom. The molecule has 1 amide bonds. The van der Waals surface area contributed by atoms with Gasteiger partial charge in [0.25, 0.3) is 0 Å². The minimum absolute atomic E-state index is 0. The first-order valence-corrected chi connectivity index (χ1v) is 8.13. The molecule has 1 saturated heterocycles. The van der Waals surface area contributed by atoms with Crippen LogP contribution in [0.25, 0.3) is 0 Å². The maximum atomic E-state index is 12.3. The van der Waals surface area contributed by atoms with Crippen molar-refractivity contribution in [1.29, 1.82) is 0 Å². The maximum absolute atomic E-state index is 12.3. The molecule has 0 radical (unpaired) electrons. The van der Waals surface area contributed by atoms with Crippen molar-refractivity contribution in [2.45, 2.75) is 46.1 Å². The summed E-state index contributed by atoms with van der Waals surface area (Å²) < 4.78 is 0. The van der Waals surface area contributed by atoms with E-state index in [2.05, 4.69) is 43.5 Å². The second-order valence-corrected chi connectivity index (χ2v) is 6.43. The Labute approximate surface area is 140 Å². The van der Waals surface area contributed by atoms with Gasteiger partial charge < -0.3 is 10.6 Å².